The van der Waals surface area contributed by atoms with Crippen molar-refractivity contribution in [2.45, 2.75) is 39.6 Å². The molecule has 1 rings (SSSR count). The minimum atomic E-state index is -4.63. The molecule has 0 heterocycles. The Kier molecular flexibility index (Phi) is 6.15. The molecule has 0 bridgehead atoms. The molecular weight excluding hydrogens is 255 g/mol. The van der Waals surface area contributed by atoms with E-state index in [0.717, 1.165) is 18.5 Å². The molecule has 0 atom stereocenters. The van der Waals surface area contributed by atoms with Crippen molar-refractivity contribution in [3.05, 3.63) is 29.8 Å². The monoisotopic (exact) mass is 275 g/mol. The van der Waals surface area contributed by atoms with Gasteiger partial charge in [0, 0.05) is 6.54 Å². The molecule has 1 aromatic rings. The van der Waals surface area contributed by atoms with Gasteiger partial charge in [-0.05, 0) is 43.0 Å². The van der Waals surface area contributed by atoms with Crippen molar-refractivity contribution >= 4 is 0 Å². The Bertz CT molecular complexity index is 360. The van der Waals surface area contributed by atoms with Gasteiger partial charge in [0.1, 0.15) is 5.75 Å². The van der Waals surface area contributed by atoms with E-state index in [1.165, 1.54) is 18.6 Å². The molecule has 0 amide bonds. The maximum atomic E-state index is 12.0. The number of alkyl halides is 3. The van der Waals surface area contributed by atoms with Gasteiger partial charge in [-0.15, -0.1) is 13.2 Å². The highest BCUT2D eigenvalue weighted by Gasteiger charge is 2.30. The maximum absolute atomic E-state index is 12.0. The zero-order valence-electron chi connectivity index (χ0n) is 11.3. The minimum absolute atomic E-state index is 0.184. The molecule has 0 fully saturated rings. The van der Waals surface area contributed by atoms with Crippen molar-refractivity contribution in [1.82, 2.24) is 5.32 Å². The van der Waals surface area contributed by atoms with E-state index >= 15 is 0 Å². The molecule has 0 unspecified atom stereocenters. The lowest BCUT2D eigenvalue weighted by atomic mass is 10.1. The minimum Gasteiger partial charge on any atom is -0.406 e. The molecule has 0 spiro atoms. The van der Waals surface area contributed by atoms with E-state index in [2.05, 4.69) is 23.9 Å². The summed E-state index contributed by atoms with van der Waals surface area (Å²) < 4.78 is 39.7. The predicted molar refractivity (Wildman–Crippen MR) is 68.9 cm³/mol. The zero-order valence-corrected chi connectivity index (χ0v) is 11.3. The van der Waals surface area contributed by atoms with Crippen LogP contribution in [0.5, 0.6) is 5.75 Å². The summed E-state index contributed by atoms with van der Waals surface area (Å²) in [6, 6.07) is 5.93. The van der Waals surface area contributed by atoms with Gasteiger partial charge >= 0.3 is 6.36 Å². The first-order chi connectivity index (χ1) is 8.87. The lowest BCUT2D eigenvalue weighted by molar-refractivity contribution is -0.274. The number of hydrogen-bond acceptors (Lipinski definition) is 2. The molecule has 0 aliphatic carbocycles. The van der Waals surface area contributed by atoms with Crippen molar-refractivity contribution in [3.8, 4) is 5.75 Å². The van der Waals surface area contributed by atoms with E-state index in [9.17, 15) is 13.2 Å². The Hall–Kier alpha value is -1.23. The molecule has 108 valence electrons. The topological polar surface area (TPSA) is 21.3 Å². The van der Waals surface area contributed by atoms with E-state index in [4.69, 9.17) is 0 Å². The molecule has 0 aliphatic rings. The van der Waals surface area contributed by atoms with Crippen molar-refractivity contribution in [2.24, 2.45) is 5.92 Å². The van der Waals surface area contributed by atoms with Crippen molar-refractivity contribution < 1.29 is 17.9 Å². The lowest BCUT2D eigenvalue weighted by Gasteiger charge is -2.10. The first-order valence-electron chi connectivity index (χ1n) is 6.42. The fourth-order valence-electron chi connectivity index (χ4n) is 1.68. The number of nitrogens with one attached hydrogen (secondary N) is 1. The van der Waals surface area contributed by atoms with Crippen LogP contribution in [0.15, 0.2) is 24.3 Å². The van der Waals surface area contributed by atoms with E-state index in [-0.39, 0.29) is 5.75 Å². The quantitative estimate of drug-likeness (QED) is 0.756. The van der Waals surface area contributed by atoms with Crippen LogP contribution in [0.25, 0.3) is 0 Å². The summed E-state index contributed by atoms with van der Waals surface area (Å²) >= 11 is 0. The van der Waals surface area contributed by atoms with Crippen molar-refractivity contribution in [2.75, 3.05) is 6.54 Å². The Morgan fingerprint density at radius 3 is 2.32 bits per heavy atom. The van der Waals surface area contributed by atoms with Gasteiger partial charge in [0.2, 0.25) is 0 Å². The first kappa shape index (κ1) is 15.8. The summed E-state index contributed by atoms with van der Waals surface area (Å²) in [6.07, 6.45) is -2.35. The molecule has 19 heavy (non-hydrogen) atoms. The second kappa shape index (κ2) is 7.38. The van der Waals surface area contributed by atoms with Gasteiger partial charge in [-0.25, -0.2) is 0 Å². The second-order valence-electron chi connectivity index (χ2n) is 4.90. The zero-order chi connectivity index (χ0) is 14.3. The van der Waals surface area contributed by atoms with Crippen LogP contribution in [0.2, 0.25) is 0 Å². The van der Waals surface area contributed by atoms with Gasteiger partial charge in [-0.3, -0.25) is 0 Å². The SMILES string of the molecule is CC(C)CCCNCc1ccc(OC(F)(F)F)cc1. The second-order valence-corrected chi connectivity index (χ2v) is 4.90. The summed E-state index contributed by atoms with van der Waals surface area (Å²) in [7, 11) is 0. The fourth-order valence-corrected chi connectivity index (χ4v) is 1.68. The Morgan fingerprint density at radius 1 is 1.16 bits per heavy atom. The molecular formula is C14H20F3NO. The molecule has 0 aliphatic heterocycles. The predicted octanol–water partition coefficient (Wildman–Crippen LogP) is 4.11. The van der Waals surface area contributed by atoms with E-state index in [1.807, 2.05) is 0 Å². The summed E-state index contributed by atoms with van der Waals surface area (Å²) in [6.45, 7) is 5.93. The maximum Gasteiger partial charge on any atom is 0.573 e. The summed E-state index contributed by atoms with van der Waals surface area (Å²) in [5.74, 6) is 0.511. The lowest BCUT2D eigenvalue weighted by Crippen LogP contribution is -2.17. The van der Waals surface area contributed by atoms with E-state index in [1.54, 1.807) is 12.1 Å². The third-order valence-corrected chi connectivity index (χ3v) is 2.62. The van der Waals surface area contributed by atoms with Gasteiger partial charge < -0.3 is 10.1 Å². The average molecular weight is 275 g/mol. The third kappa shape index (κ3) is 7.72. The molecule has 1 N–H and O–H groups in total. The van der Waals surface area contributed by atoms with Gasteiger partial charge in [-0.1, -0.05) is 26.0 Å². The van der Waals surface area contributed by atoms with Crippen LogP contribution in [0, 0.1) is 5.92 Å². The summed E-state index contributed by atoms with van der Waals surface area (Å²) in [5.41, 5.74) is 0.944. The molecule has 0 aromatic heterocycles. The number of benzene rings is 1. The number of halogens is 3. The molecule has 0 radical (unpaired) electrons. The fraction of sp³-hybridized carbons (Fsp3) is 0.571. The normalized spacial score (nSPS) is 11.9. The number of hydrogen-bond donors (Lipinski definition) is 1. The van der Waals surface area contributed by atoms with Gasteiger partial charge in [0.25, 0.3) is 0 Å². The Balaban J connectivity index is 2.28. The molecule has 5 heteroatoms. The molecule has 0 saturated carbocycles. The molecule has 2 nitrogen and oxygen atoms in total. The van der Waals surface area contributed by atoms with Gasteiger partial charge in [0.05, 0.1) is 0 Å². The Morgan fingerprint density at radius 2 is 1.79 bits per heavy atom. The number of ether oxygens (including phenoxy) is 1. The highest BCUT2D eigenvalue weighted by molar-refractivity contribution is 5.27. The van der Waals surface area contributed by atoms with Gasteiger partial charge in [-0.2, -0.15) is 0 Å². The van der Waals surface area contributed by atoms with Gasteiger partial charge in [0.15, 0.2) is 0 Å². The van der Waals surface area contributed by atoms with E-state index in [0.29, 0.717) is 12.5 Å². The van der Waals surface area contributed by atoms with Crippen LogP contribution >= 0.6 is 0 Å². The number of rotatable bonds is 7. The van der Waals surface area contributed by atoms with E-state index < -0.39 is 6.36 Å². The third-order valence-electron chi connectivity index (χ3n) is 2.62. The summed E-state index contributed by atoms with van der Waals surface area (Å²) in [4.78, 5) is 0. The standard InChI is InChI=1S/C14H20F3NO/c1-11(2)4-3-9-18-10-12-5-7-13(8-6-12)19-14(15,16)17/h5-8,11,18H,3-4,9-10H2,1-2H3. The van der Waals surface area contributed by atoms with Crippen LogP contribution in [0.3, 0.4) is 0 Å². The average Bonchev–Trinajstić information content (AvgIpc) is 2.28. The highest BCUT2D eigenvalue weighted by atomic mass is 19.4. The highest BCUT2D eigenvalue weighted by Crippen LogP contribution is 2.22. The smallest absolute Gasteiger partial charge is 0.406 e. The van der Waals surface area contributed by atoms with Crippen LogP contribution in [-0.2, 0) is 6.54 Å². The van der Waals surface area contributed by atoms with Crippen molar-refractivity contribution in [3.63, 3.8) is 0 Å². The largest absolute Gasteiger partial charge is 0.573 e. The Labute approximate surface area is 112 Å². The van der Waals surface area contributed by atoms with Crippen LogP contribution in [0.4, 0.5) is 13.2 Å². The van der Waals surface area contributed by atoms with Crippen LogP contribution in [0.1, 0.15) is 32.3 Å². The van der Waals surface area contributed by atoms with Crippen LogP contribution < -0.4 is 10.1 Å². The van der Waals surface area contributed by atoms with Crippen molar-refractivity contribution in [1.29, 1.82) is 0 Å². The summed E-state index contributed by atoms with van der Waals surface area (Å²) in [5, 5.41) is 3.26. The first-order valence-corrected chi connectivity index (χ1v) is 6.42. The van der Waals surface area contributed by atoms with Crippen LogP contribution in [-0.4, -0.2) is 12.9 Å². The molecule has 0 saturated heterocycles. The molecule has 1 aromatic carbocycles.